The zero-order valence-corrected chi connectivity index (χ0v) is 30.2. The zero-order chi connectivity index (χ0) is 36.1. The maximum atomic E-state index is 13.9. The van der Waals surface area contributed by atoms with Gasteiger partial charge in [-0.05, 0) is 55.9 Å². The number of piperazine rings is 1. The maximum absolute atomic E-state index is 13.9. The van der Waals surface area contributed by atoms with Gasteiger partial charge in [0.1, 0.15) is 6.04 Å². The third kappa shape index (κ3) is 9.09. The number of rotatable bonds is 11. The third-order valence-corrected chi connectivity index (χ3v) is 10.6. The highest BCUT2D eigenvalue weighted by Gasteiger charge is 2.39. The highest BCUT2D eigenvalue weighted by Crippen LogP contribution is 2.32. The van der Waals surface area contributed by atoms with Crippen LogP contribution in [-0.4, -0.2) is 92.7 Å². The van der Waals surface area contributed by atoms with Crippen molar-refractivity contribution in [2.24, 2.45) is 5.92 Å². The summed E-state index contributed by atoms with van der Waals surface area (Å²) < 4.78 is 0. The van der Waals surface area contributed by atoms with Crippen LogP contribution in [0.1, 0.15) is 59.7 Å². The molecule has 0 radical (unpaired) electrons. The molecule has 0 unspecified atom stereocenters. The molecule has 4 N–H and O–H groups in total. The number of aliphatic hydroxyl groups excluding tert-OH is 2. The largest absolute Gasteiger partial charge is 0.392 e. The Kier molecular flexibility index (Phi) is 11.3. The van der Waals surface area contributed by atoms with Crippen molar-refractivity contribution in [3.8, 4) is 10.4 Å². The minimum Gasteiger partial charge on any atom is -0.392 e. The van der Waals surface area contributed by atoms with Gasteiger partial charge >= 0.3 is 0 Å². The number of nitrogens with zero attached hydrogens (tertiary/aromatic N) is 3. The van der Waals surface area contributed by atoms with Gasteiger partial charge < -0.3 is 25.7 Å². The average molecular weight is 710 g/mol. The molecule has 1 fully saturated rings. The number of nitrogens with one attached hydrogen (secondary N) is 2. The van der Waals surface area contributed by atoms with E-state index in [1.54, 1.807) is 11.1 Å². The topological polar surface area (TPSA) is 135 Å². The predicted molar refractivity (Wildman–Crippen MR) is 198 cm³/mol. The second-order valence-corrected chi connectivity index (χ2v) is 15.7. The molecule has 1 aliphatic carbocycles. The molecule has 5 atom stereocenters. The van der Waals surface area contributed by atoms with Gasteiger partial charge in [-0.15, -0.1) is 11.3 Å². The number of aliphatic hydroxyl groups is 2. The number of aromatic nitrogens is 1. The van der Waals surface area contributed by atoms with Crippen LogP contribution in [0.2, 0.25) is 0 Å². The summed E-state index contributed by atoms with van der Waals surface area (Å²) in [5.74, 6) is -1.29. The van der Waals surface area contributed by atoms with Crippen molar-refractivity contribution in [3.05, 3.63) is 113 Å². The predicted octanol–water partition coefficient (Wildman–Crippen LogP) is 4.24. The highest BCUT2D eigenvalue weighted by atomic mass is 32.1. The van der Waals surface area contributed by atoms with Crippen molar-refractivity contribution >= 4 is 29.1 Å². The fourth-order valence-corrected chi connectivity index (χ4v) is 7.93. The molecule has 0 saturated carbocycles. The lowest BCUT2D eigenvalue weighted by atomic mass is 9.91. The number of hydrogen-bond acceptors (Lipinski definition) is 8. The van der Waals surface area contributed by atoms with Gasteiger partial charge in [0.2, 0.25) is 11.8 Å². The van der Waals surface area contributed by atoms with Crippen LogP contribution in [0.5, 0.6) is 0 Å². The average Bonchev–Trinajstić information content (AvgIpc) is 3.73. The van der Waals surface area contributed by atoms with E-state index >= 15 is 0 Å². The summed E-state index contributed by atoms with van der Waals surface area (Å²) in [6.07, 6.45) is 1.06. The summed E-state index contributed by atoms with van der Waals surface area (Å²) in [6.45, 7) is 6.73. The van der Waals surface area contributed by atoms with Crippen LogP contribution in [0.3, 0.4) is 0 Å². The number of β-amino-alcohol motifs (C(OH)–C–C–N with tert-alkyl or cyclic N) is 1. The number of amides is 3. The minimum absolute atomic E-state index is 0.140. The number of thiazole rings is 1. The van der Waals surface area contributed by atoms with Crippen LogP contribution in [0, 0.1) is 5.92 Å². The summed E-state index contributed by atoms with van der Waals surface area (Å²) >= 11 is 1.33. The summed E-state index contributed by atoms with van der Waals surface area (Å²) in [7, 11) is 0. The molecule has 0 spiro atoms. The molecule has 1 aliphatic heterocycles. The van der Waals surface area contributed by atoms with Crippen LogP contribution in [0.25, 0.3) is 10.4 Å². The second-order valence-electron chi connectivity index (χ2n) is 14.6. The van der Waals surface area contributed by atoms with E-state index in [-0.39, 0.29) is 37.2 Å². The fourth-order valence-electron chi connectivity index (χ4n) is 7.04. The summed E-state index contributed by atoms with van der Waals surface area (Å²) in [5.41, 5.74) is 3.36. The van der Waals surface area contributed by atoms with Crippen molar-refractivity contribution in [1.29, 1.82) is 0 Å². The van der Waals surface area contributed by atoms with Gasteiger partial charge in [0.15, 0.2) is 5.01 Å². The van der Waals surface area contributed by atoms with Gasteiger partial charge in [-0.25, -0.2) is 4.98 Å². The summed E-state index contributed by atoms with van der Waals surface area (Å²) in [4.78, 5) is 50.2. The zero-order valence-electron chi connectivity index (χ0n) is 29.4. The molecule has 3 aromatic carbocycles. The van der Waals surface area contributed by atoms with Crippen molar-refractivity contribution in [3.63, 3.8) is 0 Å². The summed E-state index contributed by atoms with van der Waals surface area (Å²) in [6, 6.07) is 25.9. The molecule has 1 aromatic heterocycles. The maximum Gasteiger partial charge on any atom is 0.282 e. The Morgan fingerprint density at radius 2 is 1.65 bits per heavy atom. The molecule has 1 saturated heterocycles. The first-order valence-corrected chi connectivity index (χ1v) is 18.4. The first-order valence-electron chi connectivity index (χ1n) is 17.6. The number of carbonyl (C=O) groups is 3. The highest BCUT2D eigenvalue weighted by molar-refractivity contribution is 7.16. The Morgan fingerprint density at radius 3 is 2.37 bits per heavy atom. The second kappa shape index (κ2) is 15.9. The van der Waals surface area contributed by atoms with E-state index in [9.17, 15) is 24.6 Å². The molecule has 10 nitrogen and oxygen atoms in total. The van der Waals surface area contributed by atoms with Crippen LogP contribution in [-0.2, 0) is 22.4 Å². The Balaban J connectivity index is 1.16. The minimum atomic E-state index is -0.940. The van der Waals surface area contributed by atoms with E-state index in [4.69, 9.17) is 0 Å². The smallest absolute Gasteiger partial charge is 0.282 e. The number of benzene rings is 3. The molecule has 11 heteroatoms. The van der Waals surface area contributed by atoms with E-state index in [2.05, 4.69) is 15.6 Å². The van der Waals surface area contributed by atoms with E-state index in [0.29, 0.717) is 30.9 Å². The van der Waals surface area contributed by atoms with Crippen molar-refractivity contribution in [2.75, 3.05) is 26.2 Å². The Hall–Kier alpha value is -4.42. The molecule has 3 amide bonds. The van der Waals surface area contributed by atoms with E-state index in [1.165, 1.54) is 11.3 Å². The van der Waals surface area contributed by atoms with Gasteiger partial charge in [0.05, 0.1) is 23.1 Å². The van der Waals surface area contributed by atoms with Gasteiger partial charge in [0, 0.05) is 50.3 Å². The molecule has 0 bridgehead atoms. The summed E-state index contributed by atoms with van der Waals surface area (Å²) in [5, 5.41) is 28.9. The SMILES string of the molecule is CC(C)(C)NC(=O)[C@@H]1CN(C(=O)c2ncc(-c3ccccc3)s2)CCN1C[C@@H](O)C[C@H](Cc1ccccc1)C(=O)N[C@H]1c2ccccc2C[C@H]1O. The van der Waals surface area contributed by atoms with E-state index in [0.717, 1.165) is 27.1 Å². The first kappa shape index (κ1) is 36.4. The first-order chi connectivity index (χ1) is 24.4. The normalized spacial score (nSPS) is 20.3. The van der Waals surface area contributed by atoms with Gasteiger partial charge in [-0.3, -0.25) is 19.3 Å². The van der Waals surface area contributed by atoms with Gasteiger partial charge in [-0.1, -0.05) is 84.9 Å². The van der Waals surface area contributed by atoms with Crippen LogP contribution in [0.4, 0.5) is 0 Å². The molecule has 4 aromatic rings. The van der Waals surface area contributed by atoms with Crippen LogP contribution >= 0.6 is 11.3 Å². The lowest BCUT2D eigenvalue weighted by Crippen LogP contribution is -2.62. The monoisotopic (exact) mass is 709 g/mol. The van der Waals surface area contributed by atoms with Crippen LogP contribution in [0.15, 0.2) is 91.1 Å². The molecule has 6 rings (SSSR count). The standard InChI is InChI=1S/C40H47N5O5S/c1-40(2,3)43-37(49)32-25-45(39(50)38-41-23-34(51-38)27-14-8-5-9-15-27)19-18-44(32)24-30(46)21-29(20-26-12-6-4-7-13-26)36(48)42-35-31-17-11-10-16-28(31)22-33(35)47/h4-17,23,29-30,32-33,35,46-47H,18-22,24-25H2,1-3H3,(H,42,48)(H,43,49)/t29-,30-,32-,33+,35-/m0/s1. The lowest BCUT2D eigenvalue weighted by Gasteiger charge is -2.42. The molecule has 268 valence electrons. The van der Waals surface area contributed by atoms with Crippen molar-refractivity contribution in [1.82, 2.24) is 25.4 Å². The van der Waals surface area contributed by atoms with Crippen molar-refractivity contribution < 1.29 is 24.6 Å². The molecular weight excluding hydrogens is 663 g/mol. The van der Waals surface area contributed by atoms with Crippen LogP contribution < -0.4 is 10.6 Å². The Labute approximate surface area is 303 Å². The molecular formula is C40H47N5O5S. The Bertz CT molecular complexity index is 1810. The van der Waals surface area contributed by atoms with E-state index in [1.807, 2.05) is 111 Å². The van der Waals surface area contributed by atoms with E-state index < -0.39 is 35.7 Å². The number of fused-ring (bicyclic) bond motifs is 1. The molecule has 51 heavy (non-hydrogen) atoms. The molecule has 2 heterocycles. The Morgan fingerprint density at radius 1 is 0.961 bits per heavy atom. The number of hydrogen-bond donors (Lipinski definition) is 4. The number of carbonyl (C=O) groups excluding carboxylic acids is 3. The lowest BCUT2D eigenvalue weighted by molar-refractivity contribution is -0.131. The fraction of sp³-hybridized carbons (Fsp3) is 0.400. The molecule has 2 aliphatic rings. The third-order valence-electron chi connectivity index (χ3n) is 9.53. The van der Waals surface area contributed by atoms with Gasteiger partial charge in [0.25, 0.3) is 5.91 Å². The quantitative estimate of drug-likeness (QED) is 0.183. The van der Waals surface area contributed by atoms with Crippen molar-refractivity contribution in [2.45, 2.75) is 69.9 Å². The van der Waals surface area contributed by atoms with Gasteiger partial charge in [-0.2, -0.15) is 0 Å².